The molecule has 0 spiro atoms. The zero-order chi connectivity index (χ0) is 18.4. The van der Waals surface area contributed by atoms with Gasteiger partial charge in [-0.3, -0.25) is 9.59 Å². The summed E-state index contributed by atoms with van der Waals surface area (Å²) >= 11 is 1.50. The van der Waals surface area contributed by atoms with E-state index in [0.29, 0.717) is 11.8 Å². The number of hydrogen-bond donors (Lipinski definition) is 0. The maximum atomic E-state index is 12.9. The lowest BCUT2D eigenvalue weighted by Gasteiger charge is -2.31. The van der Waals surface area contributed by atoms with Crippen LogP contribution in [-0.4, -0.2) is 53.5 Å². The van der Waals surface area contributed by atoms with E-state index in [1.165, 1.54) is 37.4 Å². The van der Waals surface area contributed by atoms with E-state index in [0.717, 1.165) is 49.2 Å². The van der Waals surface area contributed by atoms with Gasteiger partial charge in [0.1, 0.15) is 0 Å². The molecule has 1 aliphatic heterocycles. The van der Waals surface area contributed by atoms with E-state index in [9.17, 15) is 9.59 Å². The number of hydrogen-bond acceptors (Lipinski definition) is 3. The largest absolute Gasteiger partial charge is 0.342 e. The van der Waals surface area contributed by atoms with E-state index in [2.05, 4.69) is 0 Å². The number of carbonyl (C=O) groups excluding carboxylic acids is 2. The Hall–Kier alpha value is -1.49. The average Bonchev–Trinajstić information content (AvgIpc) is 2.72. The van der Waals surface area contributed by atoms with Crippen LogP contribution in [0.2, 0.25) is 0 Å². The van der Waals surface area contributed by atoms with E-state index in [-0.39, 0.29) is 11.8 Å². The van der Waals surface area contributed by atoms with Crippen LogP contribution < -0.4 is 0 Å². The van der Waals surface area contributed by atoms with Crippen LogP contribution in [0, 0.1) is 0 Å². The number of piperidine rings is 1. The fourth-order valence-electron chi connectivity index (χ4n) is 3.95. The molecule has 3 rings (SSSR count). The Morgan fingerprint density at radius 1 is 1.04 bits per heavy atom. The highest BCUT2D eigenvalue weighted by Gasteiger charge is 2.24. The van der Waals surface area contributed by atoms with E-state index < -0.39 is 0 Å². The van der Waals surface area contributed by atoms with Gasteiger partial charge in [-0.1, -0.05) is 31.4 Å². The molecule has 0 bridgehead atoms. The molecule has 1 saturated carbocycles. The van der Waals surface area contributed by atoms with Crippen LogP contribution >= 0.6 is 11.8 Å². The van der Waals surface area contributed by atoms with Gasteiger partial charge in [0, 0.05) is 31.1 Å². The quantitative estimate of drug-likeness (QED) is 0.726. The van der Waals surface area contributed by atoms with Crippen molar-refractivity contribution in [1.29, 1.82) is 0 Å². The number of amides is 2. The standard InChI is InChI=1S/C21H30N2O2S/c1-22(17-10-4-2-5-11-17)20(24)16-26-19-13-7-6-12-18(19)21(25)23-14-8-3-9-15-23/h6-7,12-13,17H,2-5,8-11,14-16H2,1H3. The highest BCUT2D eigenvalue weighted by molar-refractivity contribution is 8.00. The SMILES string of the molecule is CN(C(=O)CSc1ccccc1C(=O)N1CCCCC1)C1CCCCC1. The van der Waals surface area contributed by atoms with Crippen LogP contribution in [0.15, 0.2) is 29.2 Å². The molecule has 0 N–H and O–H groups in total. The van der Waals surface area contributed by atoms with Gasteiger partial charge < -0.3 is 9.80 Å². The van der Waals surface area contributed by atoms with Crippen molar-refractivity contribution in [3.05, 3.63) is 29.8 Å². The first-order chi connectivity index (χ1) is 12.7. The van der Waals surface area contributed by atoms with Gasteiger partial charge in [-0.05, 0) is 44.2 Å². The zero-order valence-corrected chi connectivity index (χ0v) is 16.6. The van der Waals surface area contributed by atoms with Crippen molar-refractivity contribution in [2.75, 3.05) is 25.9 Å². The molecular formula is C21H30N2O2S. The summed E-state index contributed by atoms with van der Waals surface area (Å²) in [5.74, 6) is 0.681. The van der Waals surface area contributed by atoms with Gasteiger partial charge in [-0.15, -0.1) is 11.8 Å². The average molecular weight is 375 g/mol. The molecular weight excluding hydrogens is 344 g/mol. The predicted molar refractivity (Wildman–Crippen MR) is 107 cm³/mol. The summed E-state index contributed by atoms with van der Waals surface area (Å²) in [5, 5.41) is 0. The molecule has 142 valence electrons. The maximum Gasteiger partial charge on any atom is 0.254 e. The molecule has 1 aromatic rings. The molecule has 0 aromatic heterocycles. The number of nitrogens with zero attached hydrogens (tertiary/aromatic N) is 2. The van der Waals surface area contributed by atoms with Crippen LogP contribution in [-0.2, 0) is 4.79 Å². The minimum absolute atomic E-state index is 0.112. The fourth-order valence-corrected chi connectivity index (χ4v) is 4.92. The molecule has 0 atom stereocenters. The van der Waals surface area contributed by atoms with E-state index in [4.69, 9.17) is 0 Å². The number of rotatable bonds is 5. The van der Waals surface area contributed by atoms with Crippen LogP contribution in [0.5, 0.6) is 0 Å². The Morgan fingerprint density at radius 2 is 1.69 bits per heavy atom. The molecule has 1 saturated heterocycles. The number of thioether (sulfide) groups is 1. The third-order valence-electron chi connectivity index (χ3n) is 5.63. The van der Waals surface area contributed by atoms with Crippen molar-refractivity contribution >= 4 is 23.6 Å². The number of carbonyl (C=O) groups is 2. The summed E-state index contributed by atoms with van der Waals surface area (Å²) in [7, 11) is 1.93. The number of likely N-dealkylation sites (tertiary alicyclic amines) is 1. The summed E-state index contributed by atoms with van der Waals surface area (Å²) < 4.78 is 0. The van der Waals surface area contributed by atoms with Gasteiger partial charge in [-0.2, -0.15) is 0 Å². The molecule has 5 heteroatoms. The topological polar surface area (TPSA) is 40.6 Å². The molecule has 4 nitrogen and oxygen atoms in total. The predicted octanol–water partition coefficient (Wildman–Crippen LogP) is 4.20. The van der Waals surface area contributed by atoms with Gasteiger partial charge >= 0.3 is 0 Å². The third-order valence-corrected chi connectivity index (χ3v) is 6.69. The molecule has 2 fully saturated rings. The minimum Gasteiger partial charge on any atom is -0.342 e. The van der Waals surface area contributed by atoms with Gasteiger partial charge in [0.25, 0.3) is 5.91 Å². The van der Waals surface area contributed by atoms with Gasteiger partial charge in [0.2, 0.25) is 5.91 Å². The summed E-state index contributed by atoms with van der Waals surface area (Å²) in [6, 6.07) is 8.12. The lowest BCUT2D eigenvalue weighted by Crippen LogP contribution is -2.39. The second-order valence-corrected chi connectivity index (χ2v) is 8.45. The van der Waals surface area contributed by atoms with Gasteiger partial charge in [-0.25, -0.2) is 0 Å². The van der Waals surface area contributed by atoms with Crippen LogP contribution in [0.25, 0.3) is 0 Å². The Balaban J connectivity index is 1.60. The van der Waals surface area contributed by atoms with Gasteiger partial charge in [0.15, 0.2) is 0 Å². The second-order valence-electron chi connectivity index (χ2n) is 7.43. The molecule has 2 amide bonds. The summed E-state index contributed by atoms with van der Waals surface area (Å²) in [6.07, 6.45) is 9.37. The van der Waals surface area contributed by atoms with E-state index in [1.54, 1.807) is 0 Å². The first-order valence-electron chi connectivity index (χ1n) is 9.93. The Morgan fingerprint density at radius 3 is 2.42 bits per heavy atom. The maximum absolute atomic E-state index is 12.9. The third kappa shape index (κ3) is 4.81. The molecule has 1 aromatic carbocycles. The van der Waals surface area contributed by atoms with Crippen molar-refractivity contribution < 1.29 is 9.59 Å². The Kier molecular flexibility index (Phi) is 7.00. The van der Waals surface area contributed by atoms with Gasteiger partial charge in [0.05, 0.1) is 11.3 Å². The number of benzene rings is 1. The molecule has 0 radical (unpaired) electrons. The van der Waals surface area contributed by atoms with Crippen LogP contribution in [0.3, 0.4) is 0 Å². The summed E-state index contributed by atoms with van der Waals surface area (Å²) in [4.78, 5) is 30.3. The van der Waals surface area contributed by atoms with Crippen molar-refractivity contribution in [2.24, 2.45) is 0 Å². The van der Waals surface area contributed by atoms with E-state index in [1.807, 2.05) is 41.1 Å². The molecule has 1 heterocycles. The molecule has 1 aliphatic carbocycles. The minimum atomic E-state index is 0.112. The summed E-state index contributed by atoms with van der Waals surface area (Å²) in [6.45, 7) is 1.70. The highest BCUT2D eigenvalue weighted by Crippen LogP contribution is 2.27. The van der Waals surface area contributed by atoms with Crippen molar-refractivity contribution in [1.82, 2.24) is 9.80 Å². The Labute approximate surface area is 161 Å². The van der Waals surface area contributed by atoms with Crippen LogP contribution in [0.1, 0.15) is 61.7 Å². The second kappa shape index (κ2) is 9.45. The van der Waals surface area contributed by atoms with Crippen molar-refractivity contribution in [3.8, 4) is 0 Å². The Bertz CT molecular complexity index is 622. The first kappa shape index (κ1) is 19.3. The van der Waals surface area contributed by atoms with Crippen molar-refractivity contribution in [3.63, 3.8) is 0 Å². The molecule has 26 heavy (non-hydrogen) atoms. The zero-order valence-electron chi connectivity index (χ0n) is 15.8. The fraction of sp³-hybridized carbons (Fsp3) is 0.619. The van der Waals surface area contributed by atoms with E-state index >= 15 is 0 Å². The molecule has 0 unspecified atom stereocenters. The smallest absolute Gasteiger partial charge is 0.254 e. The molecule has 2 aliphatic rings. The lowest BCUT2D eigenvalue weighted by molar-refractivity contribution is -0.129. The lowest BCUT2D eigenvalue weighted by atomic mass is 9.94. The summed E-state index contributed by atoms with van der Waals surface area (Å²) in [5.41, 5.74) is 0.743. The highest BCUT2D eigenvalue weighted by atomic mass is 32.2. The van der Waals surface area contributed by atoms with Crippen molar-refractivity contribution in [2.45, 2.75) is 62.3 Å². The normalized spacial score (nSPS) is 18.6. The first-order valence-corrected chi connectivity index (χ1v) is 10.9. The van der Waals surface area contributed by atoms with Crippen LogP contribution in [0.4, 0.5) is 0 Å². The monoisotopic (exact) mass is 374 g/mol.